The van der Waals surface area contributed by atoms with E-state index in [1.807, 2.05) is 45.9 Å². The van der Waals surface area contributed by atoms with Crippen LogP contribution in [0.3, 0.4) is 0 Å². The fraction of sp³-hybridized carbons (Fsp3) is 0.172. The first-order chi connectivity index (χ1) is 17.7. The van der Waals surface area contributed by atoms with Crippen LogP contribution >= 0.6 is 0 Å². The van der Waals surface area contributed by atoms with E-state index in [1.54, 1.807) is 35.2 Å². The number of benzene rings is 2. The Balaban J connectivity index is 1.80. The summed E-state index contributed by atoms with van der Waals surface area (Å²) in [5.41, 5.74) is 2.94. The van der Waals surface area contributed by atoms with Gasteiger partial charge < -0.3 is 0 Å². The van der Waals surface area contributed by atoms with Gasteiger partial charge in [0.25, 0.3) is 17.2 Å². The third-order valence-corrected chi connectivity index (χ3v) is 6.39. The number of halogens is 1. The summed E-state index contributed by atoms with van der Waals surface area (Å²) in [5.74, 6) is -1.72. The monoisotopic (exact) mass is 497 g/mol. The highest BCUT2D eigenvalue weighted by atomic mass is 19.1. The van der Waals surface area contributed by atoms with Crippen LogP contribution in [0.15, 0.2) is 77.9 Å². The van der Waals surface area contributed by atoms with Crippen molar-refractivity contribution in [3.63, 3.8) is 0 Å². The molecule has 3 heterocycles. The molecule has 0 saturated carbocycles. The number of aromatic nitrogens is 3. The standard InChI is InChI=1S/C29H25FN4O3/c1-17(2)25-23(28(36)34(31-25)22-13-9-20(30)10-14-22)24-26(32-15-5-6-19(4)16-32)29(37)33(27(24)35)21-11-7-18(3)8-12-21/h5-17H,1-4H3/p+1. The lowest BCUT2D eigenvalue weighted by Crippen LogP contribution is -2.39. The van der Waals surface area contributed by atoms with E-state index in [9.17, 15) is 18.8 Å². The van der Waals surface area contributed by atoms with Crippen molar-refractivity contribution in [3.05, 3.63) is 112 Å². The van der Waals surface area contributed by atoms with Gasteiger partial charge in [0.05, 0.1) is 16.9 Å². The number of carbonyl (C=O) groups excluding carboxylic acids is 2. The summed E-state index contributed by atoms with van der Waals surface area (Å²) in [5, 5.41) is 3.10. The molecule has 2 aromatic heterocycles. The summed E-state index contributed by atoms with van der Waals surface area (Å²) in [4.78, 5) is 42.9. The summed E-state index contributed by atoms with van der Waals surface area (Å²) >= 11 is 0. The number of carbonyl (C=O) groups is 2. The van der Waals surface area contributed by atoms with E-state index in [0.717, 1.165) is 16.0 Å². The Labute approximate surface area is 213 Å². The number of hydrogen-bond acceptors (Lipinski definition) is 3. The molecule has 0 atom stereocenters. The molecule has 37 heavy (non-hydrogen) atoms. The molecule has 8 heteroatoms. The number of pyridine rings is 1. The highest BCUT2D eigenvalue weighted by Crippen LogP contribution is 2.35. The molecule has 0 bridgehead atoms. The van der Waals surface area contributed by atoms with Gasteiger partial charge in [0.15, 0.2) is 12.4 Å². The highest BCUT2D eigenvalue weighted by molar-refractivity contribution is 6.53. The number of aryl methyl sites for hydroxylation is 2. The van der Waals surface area contributed by atoms with E-state index in [2.05, 4.69) is 5.10 Å². The van der Waals surface area contributed by atoms with Gasteiger partial charge in [0, 0.05) is 17.3 Å². The number of nitrogens with zero attached hydrogens (tertiary/aromatic N) is 3. The van der Waals surface area contributed by atoms with E-state index < -0.39 is 23.2 Å². The third kappa shape index (κ3) is 4.10. The van der Waals surface area contributed by atoms with Gasteiger partial charge in [-0.25, -0.2) is 14.0 Å². The van der Waals surface area contributed by atoms with E-state index in [4.69, 9.17) is 0 Å². The molecule has 1 aliphatic heterocycles. The molecule has 0 saturated heterocycles. The van der Waals surface area contributed by atoms with Crippen LogP contribution < -0.4 is 15.0 Å². The molecule has 7 nitrogen and oxygen atoms in total. The van der Waals surface area contributed by atoms with Gasteiger partial charge in [-0.15, -0.1) is 0 Å². The van der Waals surface area contributed by atoms with Crippen molar-refractivity contribution in [2.24, 2.45) is 0 Å². The first-order valence-electron chi connectivity index (χ1n) is 12.0. The van der Waals surface area contributed by atoms with Gasteiger partial charge in [-0.2, -0.15) is 4.57 Å². The Morgan fingerprint density at radius 2 is 1.49 bits per heavy atom. The molecule has 0 aliphatic carbocycles. The van der Waals surface area contributed by atoms with Crippen molar-refractivity contribution < 1.29 is 18.5 Å². The maximum atomic E-state index is 14.0. The number of rotatable bonds is 5. The van der Waals surface area contributed by atoms with E-state index in [0.29, 0.717) is 17.1 Å². The molecule has 1 N–H and O–H groups in total. The van der Waals surface area contributed by atoms with Crippen molar-refractivity contribution in [2.75, 3.05) is 4.90 Å². The molecule has 0 spiro atoms. The summed E-state index contributed by atoms with van der Waals surface area (Å²) in [7, 11) is 0. The number of H-pyrrole nitrogens is 1. The second kappa shape index (κ2) is 9.13. The van der Waals surface area contributed by atoms with Gasteiger partial charge in [-0.3, -0.25) is 19.5 Å². The largest absolute Gasteiger partial charge is 0.331 e. The molecular formula is C29H26FN4O3+. The maximum absolute atomic E-state index is 14.0. The second-order valence-corrected chi connectivity index (χ2v) is 9.47. The number of imide groups is 1. The molecule has 2 aromatic carbocycles. The van der Waals surface area contributed by atoms with Crippen molar-refractivity contribution in [2.45, 2.75) is 33.6 Å². The van der Waals surface area contributed by atoms with Crippen LogP contribution in [0.1, 0.15) is 42.1 Å². The number of hydrogen-bond donors (Lipinski definition) is 1. The van der Waals surface area contributed by atoms with Crippen LogP contribution in [0.4, 0.5) is 10.1 Å². The first kappa shape index (κ1) is 24.1. The van der Waals surface area contributed by atoms with Crippen molar-refractivity contribution in [1.82, 2.24) is 9.78 Å². The van der Waals surface area contributed by atoms with Crippen molar-refractivity contribution >= 4 is 28.8 Å². The van der Waals surface area contributed by atoms with Crippen LogP contribution in [0.2, 0.25) is 0 Å². The Hall–Kier alpha value is -4.59. The predicted octanol–water partition coefficient (Wildman–Crippen LogP) is 4.27. The Kier molecular flexibility index (Phi) is 5.95. The third-order valence-electron chi connectivity index (χ3n) is 6.39. The summed E-state index contributed by atoms with van der Waals surface area (Å²) in [6, 6.07) is 16.2. The number of nitrogens with one attached hydrogen (secondary N) is 1. The second-order valence-electron chi connectivity index (χ2n) is 9.47. The zero-order chi connectivity index (χ0) is 26.4. The Morgan fingerprint density at radius 1 is 0.838 bits per heavy atom. The van der Waals surface area contributed by atoms with Crippen molar-refractivity contribution in [3.8, 4) is 5.69 Å². The van der Waals surface area contributed by atoms with Crippen LogP contribution in [0.25, 0.3) is 17.0 Å². The SMILES string of the molecule is Cc1ccc(N2C(=O)C(c3c(C(C)C)[nH]n(-c4ccc(F)cc4)c3=O)=C([n+]3cccc(C)c3)C2=O)cc1. The molecule has 1 aliphatic rings. The van der Waals surface area contributed by atoms with Gasteiger partial charge >= 0.3 is 5.91 Å². The molecule has 0 fully saturated rings. The van der Waals surface area contributed by atoms with E-state index in [-0.39, 0.29) is 22.8 Å². The number of aromatic amines is 1. The summed E-state index contributed by atoms with van der Waals surface area (Å²) in [6.45, 7) is 7.58. The first-order valence-corrected chi connectivity index (χ1v) is 12.0. The molecule has 0 radical (unpaired) electrons. The average molecular weight is 498 g/mol. The minimum Gasteiger partial charge on any atom is -0.294 e. The lowest BCUT2D eigenvalue weighted by Gasteiger charge is -2.14. The Morgan fingerprint density at radius 3 is 2.11 bits per heavy atom. The van der Waals surface area contributed by atoms with Gasteiger partial charge in [0.2, 0.25) is 0 Å². The maximum Gasteiger partial charge on any atom is 0.331 e. The molecule has 186 valence electrons. The molecular weight excluding hydrogens is 471 g/mol. The van der Waals surface area contributed by atoms with Crippen molar-refractivity contribution in [1.29, 1.82) is 0 Å². The quantitative estimate of drug-likeness (QED) is 0.330. The number of anilines is 1. The minimum atomic E-state index is -0.581. The molecule has 5 rings (SSSR count). The van der Waals surface area contributed by atoms with Gasteiger partial charge in [-0.05, 0) is 62.2 Å². The highest BCUT2D eigenvalue weighted by Gasteiger charge is 2.48. The number of amides is 2. The summed E-state index contributed by atoms with van der Waals surface area (Å²) < 4.78 is 16.4. The zero-order valence-electron chi connectivity index (χ0n) is 20.9. The Bertz CT molecular complexity index is 1630. The summed E-state index contributed by atoms with van der Waals surface area (Å²) in [6.07, 6.45) is 3.44. The van der Waals surface area contributed by atoms with Crippen LogP contribution in [-0.4, -0.2) is 21.6 Å². The van der Waals surface area contributed by atoms with Crippen LogP contribution in [0.5, 0.6) is 0 Å². The predicted molar refractivity (Wildman–Crippen MR) is 139 cm³/mol. The van der Waals surface area contributed by atoms with Gasteiger partial charge in [-0.1, -0.05) is 31.5 Å². The zero-order valence-corrected chi connectivity index (χ0v) is 20.9. The molecule has 4 aromatic rings. The molecule has 0 unspecified atom stereocenters. The lowest BCUT2D eigenvalue weighted by atomic mass is 9.98. The smallest absolute Gasteiger partial charge is 0.294 e. The van der Waals surface area contributed by atoms with Crippen LogP contribution in [-0.2, 0) is 9.59 Å². The fourth-order valence-corrected chi connectivity index (χ4v) is 4.53. The van der Waals surface area contributed by atoms with E-state index in [1.165, 1.54) is 28.9 Å². The average Bonchev–Trinajstić information content (AvgIpc) is 3.33. The van der Waals surface area contributed by atoms with Crippen LogP contribution in [0, 0.1) is 19.7 Å². The van der Waals surface area contributed by atoms with E-state index >= 15 is 0 Å². The normalized spacial score (nSPS) is 13.8. The minimum absolute atomic E-state index is 0.0204. The lowest BCUT2D eigenvalue weighted by molar-refractivity contribution is -0.577. The van der Waals surface area contributed by atoms with Gasteiger partial charge in [0.1, 0.15) is 11.4 Å². The molecule has 2 amide bonds. The fourth-order valence-electron chi connectivity index (χ4n) is 4.53. The topological polar surface area (TPSA) is 79.1 Å².